The second-order valence-corrected chi connectivity index (χ2v) is 5.01. The zero-order chi connectivity index (χ0) is 13.5. The Morgan fingerprint density at radius 1 is 1.39 bits per heavy atom. The predicted octanol–water partition coefficient (Wildman–Crippen LogP) is 2.95. The number of carbonyl (C=O) groups is 1. The van der Waals surface area contributed by atoms with Crippen molar-refractivity contribution in [1.82, 2.24) is 10.2 Å². The molecule has 3 nitrogen and oxygen atoms in total. The van der Waals surface area contributed by atoms with E-state index in [1.54, 1.807) is 24.1 Å². The molecule has 0 aliphatic rings. The lowest BCUT2D eigenvalue weighted by molar-refractivity contribution is -0.129. The van der Waals surface area contributed by atoms with Gasteiger partial charge in [0.1, 0.15) is 0 Å². The van der Waals surface area contributed by atoms with E-state index in [0.717, 1.165) is 18.5 Å². The van der Waals surface area contributed by atoms with Crippen molar-refractivity contribution >= 4 is 29.1 Å². The van der Waals surface area contributed by atoms with E-state index in [1.807, 2.05) is 6.07 Å². The van der Waals surface area contributed by atoms with Crippen molar-refractivity contribution in [1.29, 1.82) is 0 Å². The fourth-order valence-corrected chi connectivity index (χ4v) is 1.97. The molecule has 1 N–H and O–H groups in total. The van der Waals surface area contributed by atoms with Crippen molar-refractivity contribution in [2.24, 2.45) is 0 Å². The van der Waals surface area contributed by atoms with Crippen LogP contribution in [-0.4, -0.2) is 30.9 Å². The van der Waals surface area contributed by atoms with Crippen LogP contribution >= 0.6 is 23.2 Å². The minimum Gasteiger partial charge on any atom is -0.340 e. The lowest BCUT2D eigenvalue weighted by Gasteiger charge is -2.18. The summed E-state index contributed by atoms with van der Waals surface area (Å²) in [5.74, 6) is 0.0504. The van der Waals surface area contributed by atoms with Gasteiger partial charge in [0.25, 0.3) is 0 Å². The third-order valence-corrected chi connectivity index (χ3v) is 3.14. The Morgan fingerprint density at radius 2 is 2.11 bits per heavy atom. The van der Waals surface area contributed by atoms with Gasteiger partial charge in [-0.1, -0.05) is 36.2 Å². The quantitative estimate of drug-likeness (QED) is 0.817. The molecule has 0 saturated heterocycles. The summed E-state index contributed by atoms with van der Waals surface area (Å²) in [5, 5.41) is 4.27. The number of amides is 1. The number of hydrogen-bond acceptors (Lipinski definition) is 2. The molecular formula is C13H18Cl2N2O. The molecule has 1 aromatic carbocycles. The van der Waals surface area contributed by atoms with Gasteiger partial charge in [0, 0.05) is 23.6 Å². The van der Waals surface area contributed by atoms with E-state index in [2.05, 4.69) is 12.2 Å². The minimum atomic E-state index is 0.0504. The van der Waals surface area contributed by atoms with Gasteiger partial charge < -0.3 is 10.2 Å². The Bertz CT molecular complexity index is 410. The van der Waals surface area contributed by atoms with Gasteiger partial charge in [-0.05, 0) is 30.7 Å². The summed E-state index contributed by atoms with van der Waals surface area (Å²) in [6, 6.07) is 5.30. The molecule has 0 saturated carbocycles. The highest BCUT2D eigenvalue weighted by Crippen LogP contribution is 2.21. The van der Waals surface area contributed by atoms with E-state index >= 15 is 0 Å². The lowest BCUT2D eigenvalue weighted by Crippen LogP contribution is -2.35. The highest BCUT2D eigenvalue weighted by molar-refractivity contribution is 6.35. The first-order valence-electron chi connectivity index (χ1n) is 5.93. The van der Waals surface area contributed by atoms with Crippen molar-refractivity contribution in [2.75, 3.05) is 20.1 Å². The number of carbonyl (C=O) groups excluding carboxylic acids is 1. The van der Waals surface area contributed by atoms with E-state index in [0.29, 0.717) is 23.1 Å². The first-order valence-corrected chi connectivity index (χ1v) is 6.68. The summed E-state index contributed by atoms with van der Waals surface area (Å²) in [5.41, 5.74) is 0.896. The van der Waals surface area contributed by atoms with Gasteiger partial charge >= 0.3 is 0 Å². The maximum atomic E-state index is 11.8. The highest BCUT2D eigenvalue weighted by atomic mass is 35.5. The van der Waals surface area contributed by atoms with Crippen LogP contribution in [0.2, 0.25) is 10.0 Å². The molecule has 0 aliphatic carbocycles. The van der Waals surface area contributed by atoms with Crippen molar-refractivity contribution in [2.45, 2.75) is 19.9 Å². The van der Waals surface area contributed by atoms with Gasteiger partial charge in [-0.3, -0.25) is 4.79 Å². The van der Waals surface area contributed by atoms with Crippen LogP contribution in [0.25, 0.3) is 0 Å². The molecule has 1 aromatic rings. The van der Waals surface area contributed by atoms with Crippen LogP contribution in [-0.2, 0) is 11.3 Å². The van der Waals surface area contributed by atoms with E-state index in [9.17, 15) is 4.79 Å². The standard InChI is InChI=1S/C13H18Cl2N2O/c1-3-6-16-8-13(18)17(2)9-10-4-5-11(14)7-12(10)15/h4-5,7,16H,3,6,8-9H2,1-2H3. The fourth-order valence-electron chi connectivity index (χ4n) is 1.50. The highest BCUT2D eigenvalue weighted by Gasteiger charge is 2.10. The van der Waals surface area contributed by atoms with Crippen LogP contribution < -0.4 is 5.32 Å². The number of hydrogen-bond donors (Lipinski definition) is 1. The topological polar surface area (TPSA) is 32.3 Å². The van der Waals surface area contributed by atoms with Gasteiger partial charge in [0.05, 0.1) is 6.54 Å². The van der Waals surface area contributed by atoms with Gasteiger partial charge in [-0.15, -0.1) is 0 Å². The van der Waals surface area contributed by atoms with E-state index in [1.165, 1.54) is 0 Å². The first kappa shape index (κ1) is 15.3. The average molecular weight is 289 g/mol. The van der Waals surface area contributed by atoms with Crippen molar-refractivity contribution in [3.05, 3.63) is 33.8 Å². The molecule has 1 rings (SSSR count). The van der Waals surface area contributed by atoms with Gasteiger partial charge in [0.15, 0.2) is 0 Å². The monoisotopic (exact) mass is 288 g/mol. The number of benzene rings is 1. The molecule has 0 aliphatic heterocycles. The Kier molecular flexibility index (Phi) is 6.47. The summed E-state index contributed by atoms with van der Waals surface area (Å²) in [6.07, 6.45) is 1.01. The molecular weight excluding hydrogens is 271 g/mol. The van der Waals surface area contributed by atoms with E-state index < -0.39 is 0 Å². The SMILES string of the molecule is CCCNCC(=O)N(C)Cc1ccc(Cl)cc1Cl. The molecule has 5 heteroatoms. The fraction of sp³-hybridized carbons (Fsp3) is 0.462. The number of likely N-dealkylation sites (N-methyl/N-ethyl adjacent to an activating group) is 1. The molecule has 18 heavy (non-hydrogen) atoms. The van der Waals surface area contributed by atoms with Gasteiger partial charge in [-0.25, -0.2) is 0 Å². The summed E-state index contributed by atoms with van der Waals surface area (Å²) in [7, 11) is 1.76. The Hall–Kier alpha value is -0.770. The zero-order valence-corrected chi connectivity index (χ0v) is 12.2. The van der Waals surface area contributed by atoms with Crippen molar-refractivity contribution in [3.63, 3.8) is 0 Å². The van der Waals surface area contributed by atoms with Crippen LogP contribution in [0.15, 0.2) is 18.2 Å². The van der Waals surface area contributed by atoms with Crippen LogP contribution in [0.4, 0.5) is 0 Å². The summed E-state index contributed by atoms with van der Waals surface area (Å²) in [4.78, 5) is 13.4. The van der Waals surface area contributed by atoms with Crippen molar-refractivity contribution < 1.29 is 4.79 Å². The smallest absolute Gasteiger partial charge is 0.236 e. The molecule has 0 fully saturated rings. The van der Waals surface area contributed by atoms with Crippen LogP contribution in [0.5, 0.6) is 0 Å². The molecule has 0 unspecified atom stereocenters. The van der Waals surface area contributed by atoms with E-state index in [-0.39, 0.29) is 5.91 Å². The number of nitrogens with one attached hydrogen (secondary N) is 1. The largest absolute Gasteiger partial charge is 0.340 e. The molecule has 0 atom stereocenters. The molecule has 0 aromatic heterocycles. The van der Waals surface area contributed by atoms with Crippen molar-refractivity contribution in [3.8, 4) is 0 Å². The summed E-state index contributed by atoms with van der Waals surface area (Å²) in [6.45, 7) is 3.76. The zero-order valence-electron chi connectivity index (χ0n) is 10.7. The molecule has 0 bridgehead atoms. The molecule has 1 amide bonds. The normalized spacial score (nSPS) is 10.4. The Labute approximate surface area is 118 Å². The van der Waals surface area contributed by atoms with Crippen LogP contribution in [0.3, 0.4) is 0 Å². The first-order chi connectivity index (χ1) is 8.54. The second kappa shape index (κ2) is 7.62. The Balaban J connectivity index is 2.53. The maximum absolute atomic E-state index is 11.8. The van der Waals surface area contributed by atoms with Gasteiger partial charge in [0.2, 0.25) is 5.91 Å². The molecule has 0 heterocycles. The Morgan fingerprint density at radius 3 is 2.72 bits per heavy atom. The third-order valence-electron chi connectivity index (χ3n) is 2.55. The van der Waals surface area contributed by atoms with Crippen LogP contribution in [0, 0.1) is 0 Å². The summed E-state index contributed by atoms with van der Waals surface area (Å²) >= 11 is 11.9. The number of nitrogens with zero attached hydrogens (tertiary/aromatic N) is 1. The van der Waals surface area contributed by atoms with Crippen LogP contribution in [0.1, 0.15) is 18.9 Å². The lowest BCUT2D eigenvalue weighted by atomic mass is 10.2. The third kappa shape index (κ3) is 4.84. The van der Waals surface area contributed by atoms with E-state index in [4.69, 9.17) is 23.2 Å². The average Bonchev–Trinajstić information content (AvgIpc) is 2.32. The molecule has 0 spiro atoms. The van der Waals surface area contributed by atoms with Gasteiger partial charge in [-0.2, -0.15) is 0 Å². The second-order valence-electron chi connectivity index (χ2n) is 4.16. The predicted molar refractivity (Wildman–Crippen MR) is 76.1 cm³/mol. The number of halogens is 2. The summed E-state index contributed by atoms with van der Waals surface area (Å²) < 4.78 is 0. The molecule has 100 valence electrons. The molecule has 0 radical (unpaired) electrons. The maximum Gasteiger partial charge on any atom is 0.236 e. The minimum absolute atomic E-state index is 0.0504. The number of rotatable bonds is 6.